The standard InChI is InChI=1S/C16H13Br2N5O2S/c1-2-3-4-5-6-23-15(24)13-14(16(23)25)20-10-8(18)12-11(21-26-22-12)7(17)9(10)19-13/h2-6H2,1H3. The number of imide groups is 1. The number of unbranched alkanes of at least 4 members (excludes halogenated alkanes) is 3. The van der Waals surface area contributed by atoms with Crippen molar-refractivity contribution in [1.82, 2.24) is 23.6 Å². The fourth-order valence-corrected chi connectivity index (χ4v) is 4.89. The zero-order valence-corrected chi connectivity index (χ0v) is 17.7. The normalized spacial score (nSPS) is 14.0. The summed E-state index contributed by atoms with van der Waals surface area (Å²) < 4.78 is 9.75. The second kappa shape index (κ2) is 6.90. The molecule has 0 aliphatic carbocycles. The lowest BCUT2D eigenvalue weighted by atomic mass is 10.2. The van der Waals surface area contributed by atoms with Gasteiger partial charge in [0.15, 0.2) is 11.4 Å². The van der Waals surface area contributed by atoms with Crippen LogP contribution in [0.5, 0.6) is 0 Å². The fourth-order valence-electron chi connectivity index (χ4n) is 2.99. The maximum absolute atomic E-state index is 12.7. The van der Waals surface area contributed by atoms with Gasteiger partial charge in [0.1, 0.15) is 22.1 Å². The highest BCUT2D eigenvalue weighted by Crippen LogP contribution is 2.37. The number of aromatic nitrogens is 4. The van der Waals surface area contributed by atoms with Crippen molar-refractivity contribution in [3.63, 3.8) is 0 Å². The van der Waals surface area contributed by atoms with Crippen LogP contribution in [-0.4, -0.2) is 42.0 Å². The van der Waals surface area contributed by atoms with Gasteiger partial charge < -0.3 is 0 Å². The van der Waals surface area contributed by atoms with Gasteiger partial charge in [-0.2, -0.15) is 8.75 Å². The van der Waals surface area contributed by atoms with Crippen LogP contribution in [-0.2, 0) is 0 Å². The number of fused-ring (bicyclic) bond motifs is 3. The van der Waals surface area contributed by atoms with Crippen molar-refractivity contribution in [2.24, 2.45) is 0 Å². The molecule has 10 heteroatoms. The molecule has 0 radical (unpaired) electrons. The number of hydrogen-bond acceptors (Lipinski definition) is 7. The van der Waals surface area contributed by atoms with Gasteiger partial charge in [-0.25, -0.2) is 9.97 Å². The molecule has 0 atom stereocenters. The Morgan fingerprint density at radius 3 is 1.88 bits per heavy atom. The van der Waals surface area contributed by atoms with E-state index in [1.54, 1.807) is 0 Å². The van der Waals surface area contributed by atoms with Crippen LogP contribution in [0.4, 0.5) is 0 Å². The van der Waals surface area contributed by atoms with E-state index in [-0.39, 0.29) is 23.2 Å². The summed E-state index contributed by atoms with van der Waals surface area (Å²) in [5.41, 5.74) is 2.49. The van der Waals surface area contributed by atoms with Gasteiger partial charge in [0.25, 0.3) is 11.8 Å². The Hall–Kier alpha value is -1.52. The number of rotatable bonds is 5. The first-order valence-corrected chi connectivity index (χ1v) is 10.5. The number of amides is 2. The molecule has 1 aliphatic rings. The van der Waals surface area contributed by atoms with Crippen molar-refractivity contribution in [2.45, 2.75) is 32.6 Å². The van der Waals surface area contributed by atoms with Crippen molar-refractivity contribution < 1.29 is 9.59 Å². The summed E-state index contributed by atoms with van der Waals surface area (Å²) in [5, 5.41) is 0. The van der Waals surface area contributed by atoms with E-state index in [0.717, 1.165) is 37.4 Å². The Morgan fingerprint density at radius 1 is 0.846 bits per heavy atom. The van der Waals surface area contributed by atoms with E-state index >= 15 is 0 Å². The highest BCUT2D eigenvalue weighted by atomic mass is 79.9. The summed E-state index contributed by atoms with van der Waals surface area (Å²) in [6.07, 6.45) is 3.95. The summed E-state index contributed by atoms with van der Waals surface area (Å²) in [6.45, 7) is 2.51. The molecule has 0 bridgehead atoms. The van der Waals surface area contributed by atoms with Crippen LogP contribution >= 0.6 is 43.6 Å². The van der Waals surface area contributed by atoms with E-state index in [2.05, 4.69) is 57.5 Å². The van der Waals surface area contributed by atoms with Crippen LogP contribution in [0.15, 0.2) is 8.95 Å². The summed E-state index contributed by atoms with van der Waals surface area (Å²) in [6, 6.07) is 0. The Balaban J connectivity index is 1.80. The third-order valence-corrected chi connectivity index (χ3v) is 6.38. The Bertz CT molecular complexity index is 992. The fraction of sp³-hybridized carbons (Fsp3) is 0.375. The minimum atomic E-state index is -0.379. The lowest BCUT2D eigenvalue weighted by Gasteiger charge is -2.12. The molecule has 0 spiro atoms. The first kappa shape index (κ1) is 17.9. The van der Waals surface area contributed by atoms with Crippen LogP contribution in [0.3, 0.4) is 0 Å². The molecule has 7 nitrogen and oxygen atoms in total. The summed E-state index contributed by atoms with van der Waals surface area (Å²) in [4.78, 5) is 35.5. The van der Waals surface area contributed by atoms with Gasteiger partial charge in [-0.3, -0.25) is 14.5 Å². The van der Waals surface area contributed by atoms with Crippen LogP contribution in [0.25, 0.3) is 22.1 Å². The summed E-state index contributed by atoms with van der Waals surface area (Å²) in [7, 11) is 0. The molecule has 0 fully saturated rings. The third-order valence-electron chi connectivity index (χ3n) is 4.35. The first-order valence-electron chi connectivity index (χ1n) is 8.21. The maximum atomic E-state index is 12.7. The molecule has 0 unspecified atom stereocenters. The lowest BCUT2D eigenvalue weighted by molar-refractivity contribution is 0.0648. The molecule has 26 heavy (non-hydrogen) atoms. The lowest BCUT2D eigenvalue weighted by Crippen LogP contribution is -2.30. The molecule has 0 saturated carbocycles. The summed E-state index contributed by atoms with van der Waals surface area (Å²) in [5.74, 6) is -0.758. The SMILES string of the molecule is CCCCCCN1C(=O)c2nc3c(Br)c4nsnc4c(Br)c3nc2C1=O. The molecular weight excluding hydrogens is 486 g/mol. The van der Waals surface area contributed by atoms with Crippen molar-refractivity contribution in [1.29, 1.82) is 0 Å². The van der Waals surface area contributed by atoms with Gasteiger partial charge in [-0.05, 0) is 38.3 Å². The van der Waals surface area contributed by atoms with Crippen molar-refractivity contribution in [3.8, 4) is 0 Å². The average molecular weight is 499 g/mol. The van der Waals surface area contributed by atoms with Gasteiger partial charge in [-0.1, -0.05) is 26.2 Å². The highest BCUT2D eigenvalue weighted by Gasteiger charge is 2.39. The van der Waals surface area contributed by atoms with Gasteiger partial charge in [0, 0.05) is 6.54 Å². The molecule has 0 N–H and O–H groups in total. The zero-order chi connectivity index (χ0) is 18.4. The van der Waals surface area contributed by atoms with Crippen LogP contribution in [0.1, 0.15) is 53.6 Å². The molecule has 3 aromatic rings. The van der Waals surface area contributed by atoms with E-state index in [1.165, 1.54) is 4.90 Å². The minimum absolute atomic E-state index is 0.105. The molecule has 2 aromatic heterocycles. The van der Waals surface area contributed by atoms with Gasteiger partial charge >= 0.3 is 0 Å². The third kappa shape index (κ3) is 2.66. The zero-order valence-electron chi connectivity index (χ0n) is 13.8. The molecule has 3 heterocycles. The number of halogens is 2. The predicted octanol–water partition coefficient (Wildman–Crippen LogP) is 4.34. The van der Waals surface area contributed by atoms with Crippen LogP contribution in [0, 0.1) is 0 Å². The second-order valence-electron chi connectivity index (χ2n) is 6.03. The molecule has 2 amide bonds. The monoisotopic (exact) mass is 497 g/mol. The van der Waals surface area contributed by atoms with Crippen molar-refractivity contribution in [3.05, 3.63) is 20.3 Å². The minimum Gasteiger partial charge on any atom is -0.272 e. The quantitative estimate of drug-likeness (QED) is 0.384. The summed E-state index contributed by atoms with van der Waals surface area (Å²) >= 11 is 8.05. The van der Waals surface area contributed by atoms with Crippen molar-refractivity contribution in [2.75, 3.05) is 6.54 Å². The largest absolute Gasteiger partial charge is 0.281 e. The molecule has 0 saturated heterocycles. The van der Waals surface area contributed by atoms with E-state index < -0.39 is 0 Å². The number of carbonyl (C=O) groups excluding carboxylic acids is 2. The van der Waals surface area contributed by atoms with Gasteiger partial charge in [0.2, 0.25) is 0 Å². The smallest absolute Gasteiger partial charge is 0.272 e. The highest BCUT2D eigenvalue weighted by molar-refractivity contribution is 9.11. The number of hydrogen-bond donors (Lipinski definition) is 0. The predicted molar refractivity (Wildman–Crippen MR) is 105 cm³/mol. The van der Waals surface area contributed by atoms with Gasteiger partial charge in [-0.15, -0.1) is 0 Å². The van der Waals surface area contributed by atoms with Crippen molar-refractivity contribution >= 4 is 77.5 Å². The molecular formula is C16H13Br2N5O2S. The van der Waals surface area contributed by atoms with Crippen LogP contribution < -0.4 is 0 Å². The number of benzene rings is 1. The van der Waals surface area contributed by atoms with E-state index in [1.807, 2.05) is 0 Å². The Kier molecular flexibility index (Phi) is 4.74. The number of nitrogens with zero attached hydrogens (tertiary/aromatic N) is 5. The van der Waals surface area contributed by atoms with E-state index in [9.17, 15) is 9.59 Å². The van der Waals surface area contributed by atoms with E-state index in [0.29, 0.717) is 37.6 Å². The molecule has 1 aromatic carbocycles. The Labute approximate surface area is 169 Å². The number of carbonyl (C=O) groups is 2. The topological polar surface area (TPSA) is 88.9 Å². The first-order chi connectivity index (χ1) is 12.5. The second-order valence-corrected chi connectivity index (χ2v) is 8.14. The van der Waals surface area contributed by atoms with Crippen LogP contribution in [0.2, 0.25) is 0 Å². The maximum Gasteiger partial charge on any atom is 0.281 e. The molecule has 134 valence electrons. The average Bonchev–Trinajstić information content (AvgIpc) is 3.22. The Morgan fingerprint density at radius 2 is 1.38 bits per heavy atom. The molecule has 1 aliphatic heterocycles. The molecule has 4 rings (SSSR count). The van der Waals surface area contributed by atoms with E-state index in [4.69, 9.17) is 0 Å². The van der Waals surface area contributed by atoms with Gasteiger partial charge in [0.05, 0.1) is 20.7 Å².